The summed E-state index contributed by atoms with van der Waals surface area (Å²) in [7, 11) is 3.32. The second-order valence-electron chi connectivity index (χ2n) is 8.70. The van der Waals surface area contributed by atoms with Crippen LogP contribution in [0.4, 0.5) is 0 Å². The zero-order valence-corrected chi connectivity index (χ0v) is 21.1. The lowest BCUT2D eigenvalue weighted by atomic mass is 9.77. The van der Waals surface area contributed by atoms with E-state index in [4.69, 9.17) is 14.6 Å². The minimum atomic E-state index is -0.157. The Morgan fingerprint density at radius 2 is 1.69 bits per heavy atom. The molecule has 184 valence electrons. The van der Waals surface area contributed by atoms with Crippen molar-refractivity contribution in [1.29, 1.82) is 0 Å². The number of thioether (sulfide) groups is 1. The van der Waals surface area contributed by atoms with Crippen molar-refractivity contribution in [3.63, 3.8) is 0 Å². The number of methoxy groups -OCH3 is 2. The van der Waals surface area contributed by atoms with Crippen LogP contribution in [0.3, 0.4) is 0 Å². The number of allylic oxidation sites excluding steroid dienone is 1. The van der Waals surface area contributed by atoms with Gasteiger partial charge in [0.2, 0.25) is 0 Å². The smallest absolute Gasteiger partial charge is 0.253 e. The summed E-state index contributed by atoms with van der Waals surface area (Å²) in [6, 6.07) is 17.6. The third-order valence-electron chi connectivity index (χ3n) is 6.54. The summed E-state index contributed by atoms with van der Waals surface area (Å²) < 4.78 is 10.7. The highest BCUT2D eigenvalue weighted by atomic mass is 32.2. The molecule has 1 fully saturated rings. The molecule has 36 heavy (non-hydrogen) atoms. The van der Waals surface area contributed by atoms with Crippen molar-refractivity contribution >= 4 is 29.5 Å². The number of hydrogen-bond acceptors (Lipinski definition) is 7. The number of amides is 1. The first-order valence-corrected chi connectivity index (χ1v) is 12.9. The predicted octanol–water partition coefficient (Wildman–Crippen LogP) is 5.41. The van der Waals surface area contributed by atoms with Gasteiger partial charge in [-0.1, -0.05) is 36.0 Å². The summed E-state index contributed by atoms with van der Waals surface area (Å²) in [6.07, 6.45) is 8.52. The standard InChI is InChI=1S/C28H28N4O3S/c1-34-22-11-7-19(8-12-22)17-21-5-3-6-24-26(21)31-32(25(33)18-36-28-29-15-4-16-30-28)27(24)20-9-13-23(35-2)14-10-20/h4,7-17,24,27H,3,5-6,18H2,1-2H3. The molecule has 0 saturated heterocycles. The Kier molecular flexibility index (Phi) is 7.32. The van der Waals surface area contributed by atoms with Crippen LogP contribution >= 0.6 is 11.8 Å². The molecule has 1 amide bonds. The van der Waals surface area contributed by atoms with E-state index in [1.807, 2.05) is 48.5 Å². The van der Waals surface area contributed by atoms with Gasteiger partial charge in [0.1, 0.15) is 11.5 Å². The summed E-state index contributed by atoms with van der Waals surface area (Å²) in [5, 5.41) is 7.22. The maximum Gasteiger partial charge on any atom is 0.253 e. The van der Waals surface area contributed by atoms with E-state index in [2.05, 4.69) is 16.0 Å². The van der Waals surface area contributed by atoms with Crippen LogP contribution in [0.15, 0.2) is 82.8 Å². The van der Waals surface area contributed by atoms with Crippen molar-refractivity contribution in [3.8, 4) is 11.5 Å². The molecule has 2 heterocycles. The van der Waals surface area contributed by atoms with Gasteiger partial charge in [-0.25, -0.2) is 15.0 Å². The highest BCUT2D eigenvalue weighted by Crippen LogP contribution is 2.45. The van der Waals surface area contributed by atoms with Crippen LogP contribution in [0.5, 0.6) is 11.5 Å². The number of aromatic nitrogens is 2. The fourth-order valence-corrected chi connectivity index (χ4v) is 5.45. The van der Waals surface area contributed by atoms with Crippen LogP contribution < -0.4 is 9.47 Å². The van der Waals surface area contributed by atoms with Gasteiger partial charge in [-0.3, -0.25) is 4.79 Å². The van der Waals surface area contributed by atoms with Gasteiger partial charge in [-0.2, -0.15) is 5.10 Å². The van der Waals surface area contributed by atoms with Crippen LogP contribution in [0, 0.1) is 5.92 Å². The third kappa shape index (κ3) is 5.14. The number of hydrogen-bond donors (Lipinski definition) is 0. The van der Waals surface area contributed by atoms with Gasteiger partial charge in [0.15, 0.2) is 5.16 Å². The molecule has 2 aromatic carbocycles. The van der Waals surface area contributed by atoms with Crippen LogP contribution in [0.25, 0.3) is 6.08 Å². The quantitative estimate of drug-likeness (QED) is 0.319. The Bertz CT molecular complexity index is 1260. The second kappa shape index (κ2) is 11.0. The first kappa shape index (κ1) is 24.1. The molecule has 8 heteroatoms. The zero-order chi connectivity index (χ0) is 24.9. The van der Waals surface area contributed by atoms with E-state index < -0.39 is 0 Å². The molecule has 1 aliphatic heterocycles. The van der Waals surface area contributed by atoms with E-state index in [0.717, 1.165) is 47.6 Å². The SMILES string of the molecule is COc1ccc(C=C2CCCC3C2=NN(C(=O)CSc2ncccn2)C3c2ccc(OC)cc2)cc1. The van der Waals surface area contributed by atoms with Crippen LogP contribution in [0.2, 0.25) is 0 Å². The molecule has 1 saturated carbocycles. The summed E-state index contributed by atoms with van der Waals surface area (Å²) in [5.74, 6) is 1.92. The molecule has 0 radical (unpaired) electrons. The molecule has 1 aromatic heterocycles. The Balaban J connectivity index is 1.46. The predicted molar refractivity (Wildman–Crippen MR) is 141 cm³/mol. The lowest BCUT2D eigenvalue weighted by Crippen LogP contribution is -2.32. The average molecular weight is 501 g/mol. The Morgan fingerprint density at radius 3 is 2.36 bits per heavy atom. The fraction of sp³-hybridized carbons (Fsp3) is 0.286. The Morgan fingerprint density at radius 1 is 1.03 bits per heavy atom. The van der Waals surface area contributed by atoms with E-state index >= 15 is 0 Å². The van der Waals surface area contributed by atoms with Crippen LogP contribution in [0.1, 0.15) is 36.4 Å². The summed E-state index contributed by atoms with van der Waals surface area (Å²) >= 11 is 1.33. The molecule has 5 rings (SSSR count). The molecule has 2 aliphatic rings. The first-order valence-electron chi connectivity index (χ1n) is 12.0. The number of hydrazone groups is 1. The maximum atomic E-state index is 13.5. The van der Waals surface area contributed by atoms with Gasteiger partial charge in [-0.15, -0.1) is 0 Å². The Labute approximate surface area is 215 Å². The molecule has 2 atom stereocenters. The van der Waals surface area contributed by atoms with E-state index in [-0.39, 0.29) is 23.6 Å². The Hall–Kier alpha value is -3.65. The maximum absolute atomic E-state index is 13.5. The molecule has 0 bridgehead atoms. The monoisotopic (exact) mass is 500 g/mol. The highest BCUT2D eigenvalue weighted by Gasteiger charge is 2.43. The van der Waals surface area contributed by atoms with Crippen LogP contribution in [-0.4, -0.2) is 46.6 Å². The molecule has 3 aromatic rings. The summed E-state index contributed by atoms with van der Waals surface area (Å²) in [4.78, 5) is 21.9. The minimum Gasteiger partial charge on any atom is -0.497 e. The number of carbonyl (C=O) groups excluding carboxylic acids is 1. The molecular weight excluding hydrogens is 472 g/mol. The minimum absolute atomic E-state index is 0.0565. The number of nitrogens with zero attached hydrogens (tertiary/aromatic N) is 4. The van der Waals surface area contributed by atoms with Gasteiger partial charge in [-0.05, 0) is 72.4 Å². The van der Waals surface area contributed by atoms with E-state index in [0.29, 0.717) is 5.16 Å². The topological polar surface area (TPSA) is 76.9 Å². The van der Waals surface area contributed by atoms with Crippen molar-refractivity contribution in [1.82, 2.24) is 15.0 Å². The van der Waals surface area contributed by atoms with Crippen molar-refractivity contribution in [2.75, 3.05) is 20.0 Å². The van der Waals surface area contributed by atoms with Crippen molar-refractivity contribution < 1.29 is 14.3 Å². The highest BCUT2D eigenvalue weighted by molar-refractivity contribution is 7.99. The van der Waals surface area contributed by atoms with Gasteiger partial charge >= 0.3 is 0 Å². The first-order chi connectivity index (χ1) is 17.7. The van der Waals surface area contributed by atoms with Gasteiger partial charge < -0.3 is 9.47 Å². The summed E-state index contributed by atoms with van der Waals surface area (Å²) in [5.41, 5.74) is 4.34. The van der Waals surface area contributed by atoms with Gasteiger partial charge in [0, 0.05) is 18.3 Å². The molecule has 0 N–H and O–H groups in total. The molecular formula is C28H28N4O3S. The van der Waals surface area contributed by atoms with E-state index in [1.165, 1.54) is 17.3 Å². The normalized spacial score (nSPS) is 20.1. The molecule has 7 nitrogen and oxygen atoms in total. The second-order valence-corrected chi connectivity index (χ2v) is 9.65. The van der Waals surface area contributed by atoms with Crippen molar-refractivity contribution in [3.05, 3.63) is 83.7 Å². The summed E-state index contributed by atoms with van der Waals surface area (Å²) in [6.45, 7) is 0. The van der Waals surface area contributed by atoms with Crippen molar-refractivity contribution in [2.45, 2.75) is 30.5 Å². The molecule has 2 unspecified atom stereocenters. The lowest BCUT2D eigenvalue weighted by Gasteiger charge is -2.29. The van der Waals surface area contributed by atoms with Gasteiger partial charge in [0.25, 0.3) is 5.91 Å². The third-order valence-corrected chi connectivity index (χ3v) is 7.40. The van der Waals surface area contributed by atoms with E-state index in [1.54, 1.807) is 37.7 Å². The largest absolute Gasteiger partial charge is 0.497 e. The van der Waals surface area contributed by atoms with Gasteiger partial charge in [0.05, 0.1) is 31.7 Å². The number of carbonyl (C=O) groups is 1. The fourth-order valence-electron chi connectivity index (χ4n) is 4.80. The number of benzene rings is 2. The molecule has 1 aliphatic carbocycles. The number of fused-ring (bicyclic) bond motifs is 1. The zero-order valence-electron chi connectivity index (χ0n) is 20.3. The molecule has 0 spiro atoms. The number of ether oxygens (including phenoxy) is 2. The average Bonchev–Trinajstić information content (AvgIpc) is 3.33. The van der Waals surface area contributed by atoms with E-state index in [9.17, 15) is 4.79 Å². The van der Waals surface area contributed by atoms with Crippen molar-refractivity contribution in [2.24, 2.45) is 11.0 Å². The number of rotatable bonds is 7. The van der Waals surface area contributed by atoms with Crippen LogP contribution in [-0.2, 0) is 4.79 Å². The lowest BCUT2D eigenvalue weighted by molar-refractivity contribution is -0.130.